The second kappa shape index (κ2) is 20.5. The first-order chi connectivity index (χ1) is 31.4. The highest BCUT2D eigenvalue weighted by atomic mass is 35.5. The number of halogens is 1. The fraction of sp³-hybridized carbons (Fsp3) is 0.569. The van der Waals surface area contributed by atoms with Gasteiger partial charge < -0.3 is 40.3 Å². The molecule has 3 fully saturated rings. The fourth-order valence-electron chi connectivity index (χ4n) is 9.83. The molecule has 0 bridgehead atoms. The van der Waals surface area contributed by atoms with Gasteiger partial charge in [-0.2, -0.15) is 5.26 Å². The molecule has 67 heavy (non-hydrogen) atoms. The number of likely N-dealkylation sites (tertiary alicyclic amines) is 1. The maximum atomic E-state index is 14.0. The number of carbonyl (C=O) groups is 4. The molecule has 1 aliphatic carbocycles. The Hall–Kier alpha value is -5.27. The van der Waals surface area contributed by atoms with Gasteiger partial charge in [-0.15, -0.1) is 0 Å². The van der Waals surface area contributed by atoms with Gasteiger partial charge in [-0.1, -0.05) is 105 Å². The van der Waals surface area contributed by atoms with Crippen LogP contribution in [0, 0.1) is 27.6 Å². The van der Waals surface area contributed by atoms with E-state index in [2.05, 4.69) is 85.3 Å². The van der Waals surface area contributed by atoms with Gasteiger partial charge in [-0.05, 0) is 46.2 Å². The molecule has 0 spiro atoms. The van der Waals surface area contributed by atoms with Gasteiger partial charge in [-0.3, -0.25) is 24.1 Å². The normalized spacial score (nSPS) is 22.0. The van der Waals surface area contributed by atoms with Gasteiger partial charge >= 0.3 is 0 Å². The first-order valence-corrected chi connectivity index (χ1v) is 23.6. The van der Waals surface area contributed by atoms with Crippen LogP contribution >= 0.6 is 11.6 Å². The zero-order chi connectivity index (χ0) is 49.1. The number of benzene rings is 2. The van der Waals surface area contributed by atoms with Gasteiger partial charge in [-0.25, -0.2) is 4.98 Å². The zero-order valence-electron chi connectivity index (χ0n) is 40.7. The van der Waals surface area contributed by atoms with Gasteiger partial charge in [0.25, 0.3) is 5.91 Å². The maximum absolute atomic E-state index is 14.0. The molecule has 6 rings (SSSR count). The number of rotatable bonds is 15. The number of hydrogen-bond acceptors (Lipinski definition) is 11. The van der Waals surface area contributed by atoms with Crippen molar-refractivity contribution in [3.8, 4) is 11.8 Å². The average Bonchev–Trinajstić information content (AvgIpc) is 3.68. The van der Waals surface area contributed by atoms with Crippen molar-refractivity contribution < 1.29 is 33.8 Å². The molecule has 3 atom stereocenters. The number of aliphatic hydroxyl groups is 1. The lowest BCUT2D eigenvalue weighted by Gasteiger charge is -2.63. The first-order valence-electron chi connectivity index (χ1n) is 23.2. The summed E-state index contributed by atoms with van der Waals surface area (Å²) < 4.78 is 12.1. The molecule has 2 saturated heterocycles. The van der Waals surface area contributed by atoms with E-state index in [-0.39, 0.29) is 55.5 Å². The number of hydrogen-bond donors (Lipinski definition) is 4. The molecule has 0 radical (unpaired) electrons. The van der Waals surface area contributed by atoms with Crippen molar-refractivity contribution in [2.45, 2.75) is 118 Å². The number of β-amino-alcohol motifs (C(OH)–C–C–N with tert-alkyl or cyclic N) is 1. The minimum Gasteiger partial charge on any atom is -0.489 e. The van der Waals surface area contributed by atoms with Crippen LogP contribution in [0.2, 0.25) is 5.02 Å². The molecule has 1 aromatic heterocycles. The van der Waals surface area contributed by atoms with E-state index in [1.54, 1.807) is 30.5 Å². The summed E-state index contributed by atoms with van der Waals surface area (Å²) in [4.78, 5) is 64.5. The Kier molecular flexibility index (Phi) is 15.7. The van der Waals surface area contributed by atoms with Gasteiger partial charge in [0.1, 0.15) is 42.4 Å². The molecule has 15 nitrogen and oxygen atoms in total. The zero-order valence-corrected chi connectivity index (χ0v) is 41.5. The monoisotopic (exact) mass is 940 g/mol. The van der Waals surface area contributed by atoms with Crippen molar-refractivity contribution in [1.29, 1.82) is 5.26 Å². The van der Waals surface area contributed by atoms with E-state index in [9.17, 15) is 29.5 Å². The van der Waals surface area contributed by atoms with Crippen LogP contribution in [0.15, 0.2) is 60.8 Å². The van der Waals surface area contributed by atoms with Crippen LogP contribution in [-0.2, 0) is 31.1 Å². The topological polar surface area (TPSA) is 189 Å². The van der Waals surface area contributed by atoms with E-state index in [4.69, 9.17) is 21.1 Å². The summed E-state index contributed by atoms with van der Waals surface area (Å²) >= 11 is 6.25. The number of anilines is 1. The summed E-state index contributed by atoms with van der Waals surface area (Å²) in [6, 6.07) is 16.8. The van der Waals surface area contributed by atoms with Crippen molar-refractivity contribution in [2.75, 3.05) is 57.4 Å². The highest BCUT2D eigenvalue weighted by Gasteiger charge is 2.64. The van der Waals surface area contributed by atoms with Gasteiger partial charge in [0.05, 0.1) is 28.9 Å². The molecule has 3 heterocycles. The van der Waals surface area contributed by atoms with Crippen molar-refractivity contribution in [2.24, 2.45) is 16.2 Å². The number of piperazine rings is 1. The number of amides is 4. The third-order valence-electron chi connectivity index (χ3n) is 13.5. The molecule has 2 aromatic carbocycles. The number of ether oxygens (including phenoxy) is 2. The summed E-state index contributed by atoms with van der Waals surface area (Å²) in [7, 11) is 0. The lowest BCUT2D eigenvalue weighted by atomic mass is 9.49. The quantitative estimate of drug-likeness (QED) is 0.142. The summed E-state index contributed by atoms with van der Waals surface area (Å²) in [5.74, 6) is -0.0712. The van der Waals surface area contributed by atoms with E-state index < -0.39 is 46.2 Å². The molecule has 1 unspecified atom stereocenters. The molecular weight excluding hydrogens is 872 g/mol. The smallest absolute Gasteiger partial charge is 0.253 e. The molecule has 16 heteroatoms. The Morgan fingerprint density at radius 2 is 1.63 bits per heavy atom. The van der Waals surface area contributed by atoms with E-state index in [1.165, 1.54) is 10.5 Å². The number of aromatic nitrogens is 1. The second-order valence-corrected chi connectivity index (χ2v) is 21.9. The van der Waals surface area contributed by atoms with Crippen LogP contribution in [0.3, 0.4) is 0 Å². The maximum Gasteiger partial charge on any atom is 0.253 e. The minimum absolute atomic E-state index is 0.00211. The summed E-state index contributed by atoms with van der Waals surface area (Å²) in [5, 5.41) is 29.1. The predicted octanol–water partition coefficient (Wildman–Crippen LogP) is 5.46. The molecule has 3 aliphatic rings. The lowest BCUT2D eigenvalue weighted by molar-refractivity contribution is -0.164. The van der Waals surface area contributed by atoms with E-state index in [0.717, 1.165) is 37.6 Å². The third kappa shape index (κ3) is 12.1. The van der Waals surface area contributed by atoms with E-state index in [0.29, 0.717) is 35.1 Å². The number of aliphatic hydroxyl groups excluding tert-OH is 1. The van der Waals surface area contributed by atoms with E-state index >= 15 is 0 Å². The molecule has 1 saturated carbocycles. The van der Waals surface area contributed by atoms with Crippen LogP contribution in [0.4, 0.5) is 5.82 Å². The third-order valence-corrected chi connectivity index (χ3v) is 13.8. The first kappa shape index (κ1) is 51.1. The number of pyridine rings is 1. The molecule has 2 aliphatic heterocycles. The summed E-state index contributed by atoms with van der Waals surface area (Å²) in [5.41, 5.74) is 1.49. The predicted molar refractivity (Wildman–Crippen MR) is 258 cm³/mol. The highest BCUT2D eigenvalue weighted by Crippen LogP contribution is 2.55. The van der Waals surface area contributed by atoms with Gasteiger partial charge in [0.2, 0.25) is 17.7 Å². The van der Waals surface area contributed by atoms with Gasteiger partial charge in [0.15, 0.2) is 0 Å². The molecule has 4 N–H and O–H groups in total. The molecule has 3 aromatic rings. The second-order valence-electron chi connectivity index (χ2n) is 21.5. The lowest BCUT2D eigenvalue weighted by Crippen LogP contribution is -2.74. The number of nitriles is 1. The largest absolute Gasteiger partial charge is 0.489 e. The Morgan fingerprint density at radius 3 is 2.21 bits per heavy atom. The van der Waals surface area contributed by atoms with Crippen LogP contribution < -0.4 is 25.6 Å². The number of nitrogens with one attached hydrogen (secondary N) is 3. The van der Waals surface area contributed by atoms with Crippen LogP contribution in [0.25, 0.3) is 0 Å². The Balaban J connectivity index is 0.917. The van der Waals surface area contributed by atoms with Crippen LogP contribution in [0.1, 0.15) is 103 Å². The van der Waals surface area contributed by atoms with Crippen molar-refractivity contribution in [3.05, 3.63) is 88.1 Å². The average molecular weight is 942 g/mol. The Labute approximate surface area is 400 Å². The fourth-order valence-corrected chi connectivity index (χ4v) is 10.0. The van der Waals surface area contributed by atoms with Crippen LogP contribution in [0.5, 0.6) is 5.75 Å². The Morgan fingerprint density at radius 1 is 0.955 bits per heavy atom. The molecule has 4 amide bonds. The summed E-state index contributed by atoms with van der Waals surface area (Å²) in [6.45, 7) is 24.1. The molecular formula is C51H69ClN8O7. The number of carbonyl (C=O) groups excluding carboxylic acids is 4. The standard InChI is InChI=1S/C51H69ClN8O7/c1-48(2,3)35-15-11-32(12-16-35)28-55-44(64)39-25-36(61)30-60(39)45(65)42(49(4,5)6)56-41(62)31-66-24-23-58-19-21-59(22-20-58)40-18-14-34(29-54-40)43(63)57-46-50(7,8)47(51(46,9)10)67-37-17-13-33(27-53)38(52)26-37/h11-18,26,29,36,39,42,46-47,61H,19-25,28,30-31H2,1-10H3,(H,55,64)(H,56,62)(H,57,63)/t36-,39+,42?,46?,47?/m1/s1. The van der Waals surface area contributed by atoms with Crippen molar-refractivity contribution in [1.82, 2.24) is 30.7 Å². The molecule has 362 valence electrons. The van der Waals surface area contributed by atoms with Crippen LogP contribution in [-0.4, -0.2) is 126 Å². The van der Waals surface area contributed by atoms with Gasteiger partial charge in [0, 0.05) is 81.4 Å². The summed E-state index contributed by atoms with van der Waals surface area (Å²) in [6.07, 6.45) is 0.645. The van der Waals surface area contributed by atoms with E-state index in [1.807, 2.05) is 51.1 Å². The highest BCUT2D eigenvalue weighted by molar-refractivity contribution is 6.31. The Bertz CT molecular complexity index is 2280. The SMILES string of the molecule is CC(C)(C)c1ccc(CNC(=O)[C@@H]2C[C@@H](O)CN2C(=O)C(NC(=O)COCCN2CCN(c3ccc(C(=O)NC4C(C)(C)C(Oc5ccc(C#N)c(Cl)c5)C4(C)C)cn3)CC2)C(C)(C)C)cc1. The van der Waals surface area contributed by atoms with Crippen molar-refractivity contribution in [3.63, 3.8) is 0 Å². The minimum atomic E-state index is -0.947. The van der Waals surface area contributed by atoms with Crippen molar-refractivity contribution >= 4 is 41.0 Å². The number of nitrogens with zero attached hydrogens (tertiary/aromatic N) is 5.